The van der Waals surface area contributed by atoms with E-state index in [2.05, 4.69) is 0 Å². The van der Waals surface area contributed by atoms with Crippen molar-refractivity contribution in [3.05, 3.63) is 29.8 Å². The molecule has 0 spiro atoms. The van der Waals surface area contributed by atoms with Gasteiger partial charge in [0, 0.05) is 5.56 Å². The summed E-state index contributed by atoms with van der Waals surface area (Å²) >= 11 is 0. The van der Waals surface area contributed by atoms with Gasteiger partial charge in [0.05, 0.1) is 4.90 Å². The van der Waals surface area contributed by atoms with Crippen LogP contribution in [-0.4, -0.2) is 14.7 Å². The zero-order chi connectivity index (χ0) is 8.27. The number of carbonyl (C=O) groups excluding carboxylic acids is 1. The Balaban J connectivity index is 3.34. The molecule has 0 atom stereocenters. The van der Waals surface area contributed by atoms with Crippen LogP contribution in [0, 0.1) is 0 Å². The fourth-order valence-electron chi connectivity index (χ4n) is 0.719. The van der Waals surface area contributed by atoms with Crippen molar-refractivity contribution in [2.24, 2.45) is 0 Å². The van der Waals surface area contributed by atoms with Crippen molar-refractivity contribution in [2.45, 2.75) is 4.90 Å². The SMILES string of the molecule is O=[C]c1ccccc1[SH](=O)=O. The molecule has 57 valence electrons. The molecule has 11 heavy (non-hydrogen) atoms. The van der Waals surface area contributed by atoms with Crippen molar-refractivity contribution in [3.63, 3.8) is 0 Å². The molecule has 0 aliphatic rings. The number of hydrogen-bond donors (Lipinski definition) is 1. The molecule has 0 fully saturated rings. The van der Waals surface area contributed by atoms with Crippen molar-refractivity contribution in [3.8, 4) is 0 Å². The third-order valence-corrected chi connectivity index (χ3v) is 1.99. The molecule has 0 aromatic heterocycles. The molecule has 0 saturated carbocycles. The first kappa shape index (κ1) is 7.94. The van der Waals surface area contributed by atoms with Crippen LogP contribution in [0.1, 0.15) is 5.56 Å². The third kappa shape index (κ3) is 1.65. The summed E-state index contributed by atoms with van der Waals surface area (Å²) in [6.07, 6.45) is 1.54. The summed E-state index contributed by atoms with van der Waals surface area (Å²) in [5.41, 5.74) is 0.0867. The van der Waals surface area contributed by atoms with Crippen LogP contribution in [0.3, 0.4) is 0 Å². The highest BCUT2D eigenvalue weighted by Gasteiger charge is 2.01. The van der Waals surface area contributed by atoms with Gasteiger partial charge >= 0.3 is 0 Å². The van der Waals surface area contributed by atoms with Gasteiger partial charge in [-0.25, -0.2) is 8.42 Å². The Kier molecular flexibility index (Phi) is 2.38. The lowest BCUT2D eigenvalue weighted by Gasteiger charge is -1.91. The van der Waals surface area contributed by atoms with Gasteiger partial charge in [-0.2, -0.15) is 0 Å². The third-order valence-electron chi connectivity index (χ3n) is 1.21. The van der Waals surface area contributed by atoms with Crippen LogP contribution in [0.5, 0.6) is 0 Å². The Labute approximate surface area is 65.6 Å². The van der Waals surface area contributed by atoms with E-state index >= 15 is 0 Å². The molecule has 0 heterocycles. The van der Waals surface area contributed by atoms with Crippen LogP contribution >= 0.6 is 0 Å². The number of hydrogen-bond acceptors (Lipinski definition) is 3. The second-order valence-corrected chi connectivity index (χ2v) is 2.87. The smallest absolute Gasteiger partial charge is 0.234 e. The van der Waals surface area contributed by atoms with Crippen molar-refractivity contribution in [1.82, 2.24) is 0 Å². The minimum atomic E-state index is -2.68. The van der Waals surface area contributed by atoms with Crippen LogP contribution < -0.4 is 0 Å². The van der Waals surface area contributed by atoms with E-state index in [-0.39, 0.29) is 10.5 Å². The van der Waals surface area contributed by atoms with Gasteiger partial charge in [0.25, 0.3) is 0 Å². The van der Waals surface area contributed by atoms with E-state index in [1.165, 1.54) is 12.1 Å². The first-order valence-electron chi connectivity index (χ1n) is 2.87. The Hall–Kier alpha value is -1.16. The lowest BCUT2D eigenvalue weighted by Crippen LogP contribution is -1.88. The van der Waals surface area contributed by atoms with Crippen LogP contribution in [0.4, 0.5) is 0 Å². The van der Waals surface area contributed by atoms with E-state index in [1.807, 2.05) is 0 Å². The fraction of sp³-hybridized carbons (Fsp3) is 0. The van der Waals surface area contributed by atoms with Gasteiger partial charge in [-0.05, 0) is 12.1 Å². The van der Waals surface area contributed by atoms with Crippen LogP contribution in [-0.2, 0) is 15.5 Å². The highest BCUT2D eigenvalue weighted by molar-refractivity contribution is 7.72. The zero-order valence-corrected chi connectivity index (χ0v) is 6.38. The fourth-order valence-corrected chi connectivity index (χ4v) is 1.24. The Morgan fingerprint density at radius 3 is 2.27 bits per heavy atom. The van der Waals surface area contributed by atoms with E-state index in [4.69, 9.17) is 0 Å². The largest absolute Gasteiger partial charge is 0.285 e. The summed E-state index contributed by atoms with van der Waals surface area (Å²) in [5, 5.41) is 0. The summed E-state index contributed by atoms with van der Waals surface area (Å²) in [7, 11) is -2.68. The predicted molar refractivity (Wildman–Crippen MR) is 39.8 cm³/mol. The van der Waals surface area contributed by atoms with Gasteiger partial charge in [-0.1, -0.05) is 12.1 Å². The molecule has 1 radical (unpaired) electrons. The molecule has 3 nitrogen and oxygen atoms in total. The molecule has 0 aliphatic heterocycles. The molecule has 1 aromatic carbocycles. The van der Waals surface area contributed by atoms with Crippen molar-refractivity contribution < 1.29 is 13.2 Å². The molecule has 1 rings (SSSR count). The van der Waals surface area contributed by atoms with E-state index in [9.17, 15) is 13.2 Å². The molecule has 0 N–H and O–H groups in total. The van der Waals surface area contributed by atoms with Gasteiger partial charge in [0.1, 0.15) is 0 Å². The van der Waals surface area contributed by atoms with Gasteiger partial charge in [0.2, 0.25) is 6.29 Å². The molecule has 0 unspecified atom stereocenters. The summed E-state index contributed by atoms with van der Waals surface area (Å²) < 4.78 is 20.9. The van der Waals surface area contributed by atoms with Gasteiger partial charge < -0.3 is 0 Å². The minimum Gasteiger partial charge on any atom is -0.285 e. The first-order valence-corrected chi connectivity index (χ1v) is 4.05. The van der Waals surface area contributed by atoms with Crippen LogP contribution in [0.2, 0.25) is 0 Å². The maximum absolute atomic E-state index is 10.4. The van der Waals surface area contributed by atoms with Gasteiger partial charge in [-0.15, -0.1) is 0 Å². The predicted octanol–water partition coefficient (Wildman–Crippen LogP) is 0.115. The summed E-state index contributed by atoms with van der Waals surface area (Å²) in [5.74, 6) is 0. The second kappa shape index (κ2) is 3.30. The van der Waals surface area contributed by atoms with Gasteiger partial charge in [-0.3, -0.25) is 4.79 Å². The molecular formula is C7H5O3S. The molecule has 0 amide bonds. The number of benzene rings is 1. The summed E-state index contributed by atoms with van der Waals surface area (Å²) in [4.78, 5) is 10.2. The van der Waals surface area contributed by atoms with Crippen LogP contribution in [0.15, 0.2) is 29.2 Å². The Morgan fingerprint density at radius 1 is 1.18 bits per heavy atom. The first-order chi connectivity index (χ1) is 5.25. The lowest BCUT2D eigenvalue weighted by molar-refractivity contribution is 0.561. The van der Waals surface area contributed by atoms with E-state index < -0.39 is 10.7 Å². The maximum atomic E-state index is 10.4. The van der Waals surface area contributed by atoms with E-state index in [0.29, 0.717) is 0 Å². The maximum Gasteiger partial charge on any atom is 0.234 e. The normalized spacial score (nSPS) is 9.91. The Bertz CT molecular complexity index is 333. The average molecular weight is 169 g/mol. The van der Waals surface area contributed by atoms with Crippen molar-refractivity contribution >= 4 is 17.0 Å². The van der Waals surface area contributed by atoms with Crippen molar-refractivity contribution in [2.75, 3.05) is 0 Å². The van der Waals surface area contributed by atoms with Crippen molar-refractivity contribution in [1.29, 1.82) is 0 Å². The summed E-state index contributed by atoms with van der Waals surface area (Å²) in [6.45, 7) is 0. The summed E-state index contributed by atoms with van der Waals surface area (Å²) in [6, 6.07) is 5.92. The van der Waals surface area contributed by atoms with Gasteiger partial charge in [0.15, 0.2) is 10.7 Å². The number of rotatable bonds is 2. The second-order valence-electron chi connectivity index (χ2n) is 1.88. The standard InChI is InChI=1S/C7H5O3S/c8-5-6-3-1-2-4-7(6)11(9)10/h1-4,11H. The zero-order valence-electron chi connectivity index (χ0n) is 5.48. The molecule has 0 saturated heterocycles. The topological polar surface area (TPSA) is 51.2 Å². The van der Waals surface area contributed by atoms with E-state index in [1.54, 1.807) is 18.4 Å². The molecule has 1 aromatic rings. The highest BCUT2D eigenvalue weighted by atomic mass is 32.2. The molecular weight excluding hydrogens is 164 g/mol. The molecule has 4 heteroatoms. The average Bonchev–Trinajstić information content (AvgIpc) is 2.04. The minimum absolute atomic E-state index is 0.0255. The molecule has 0 bridgehead atoms. The Morgan fingerprint density at radius 2 is 1.82 bits per heavy atom. The highest BCUT2D eigenvalue weighted by Crippen LogP contribution is 2.06. The lowest BCUT2D eigenvalue weighted by atomic mass is 10.2. The monoisotopic (exact) mass is 169 g/mol. The molecule has 0 aliphatic carbocycles. The van der Waals surface area contributed by atoms with E-state index in [0.717, 1.165) is 0 Å². The quantitative estimate of drug-likeness (QED) is 0.639. The number of thiol groups is 1. The van der Waals surface area contributed by atoms with Crippen LogP contribution in [0.25, 0.3) is 0 Å².